The van der Waals surface area contributed by atoms with Crippen LogP contribution in [-0.4, -0.2) is 47.5 Å². The minimum atomic E-state index is -0.244. The largest absolute Gasteiger partial charge is 0.376 e. The van der Waals surface area contributed by atoms with Crippen molar-refractivity contribution < 1.29 is 14.3 Å². The number of nitrogens with zero attached hydrogens (tertiary/aromatic N) is 2. The summed E-state index contributed by atoms with van der Waals surface area (Å²) in [5, 5.41) is 5.23. The Morgan fingerprint density at radius 2 is 2.07 bits per heavy atom. The Morgan fingerprint density at radius 1 is 1.27 bits per heavy atom. The molecule has 1 N–H and O–H groups in total. The van der Waals surface area contributed by atoms with Crippen LogP contribution in [0, 0.1) is 6.92 Å². The fourth-order valence-electron chi connectivity index (χ4n) is 3.57. The van der Waals surface area contributed by atoms with Gasteiger partial charge in [-0.2, -0.15) is 0 Å². The monoisotopic (exact) mass is 429 g/mol. The number of ether oxygens (including phenoxy) is 1. The first-order valence-electron chi connectivity index (χ1n) is 10.8. The Bertz CT molecular complexity index is 828. The first-order chi connectivity index (χ1) is 14.5. The van der Waals surface area contributed by atoms with Crippen LogP contribution in [-0.2, 0) is 16.0 Å². The van der Waals surface area contributed by atoms with Crippen LogP contribution in [0.2, 0.25) is 0 Å². The molecule has 1 aliphatic heterocycles. The summed E-state index contributed by atoms with van der Waals surface area (Å²) >= 11 is 1.38. The molecule has 0 saturated carbocycles. The second kappa shape index (κ2) is 11.2. The van der Waals surface area contributed by atoms with Crippen LogP contribution in [0.1, 0.15) is 60.6 Å². The predicted octanol–water partition coefficient (Wildman–Crippen LogP) is 4.44. The molecule has 162 valence electrons. The smallest absolute Gasteiger partial charge is 0.254 e. The predicted molar refractivity (Wildman–Crippen MR) is 120 cm³/mol. The normalized spacial score (nSPS) is 15.9. The summed E-state index contributed by atoms with van der Waals surface area (Å²) in [6, 6.07) is 7.78. The molecule has 3 rings (SSSR count). The van der Waals surface area contributed by atoms with Crippen LogP contribution in [0.15, 0.2) is 29.6 Å². The number of aryl methyl sites for hydroxylation is 2. The fraction of sp³-hybridized carbons (Fsp3) is 0.522. The molecule has 7 heteroatoms. The molecular weight excluding hydrogens is 398 g/mol. The molecule has 2 amide bonds. The van der Waals surface area contributed by atoms with Crippen molar-refractivity contribution in [3.05, 3.63) is 46.5 Å². The zero-order valence-corrected chi connectivity index (χ0v) is 18.7. The molecule has 1 aliphatic rings. The summed E-state index contributed by atoms with van der Waals surface area (Å²) in [4.78, 5) is 31.6. The number of benzene rings is 1. The summed E-state index contributed by atoms with van der Waals surface area (Å²) in [5.74, 6) is -0.386. The van der Waals surface area contributed by atoms with Gasteiger partial charge >= 0.3 is 0 Å². The van der Waals surface area contributed by atoms with E-state index in [0.717, 1.165) is 31.4 Å². The van der Waals surface area contributed by atoms with Crippen LogP contribution in [0.25, 0.3) is 0 Å². The molecule has 1 unspecified atom stereocenters. The van der Waals surface area contributed by atoms with Crippen molar-refractivity contribution in [3.63, 3.8) is 0 Å². The highest BCUT2D eigenvalue weighted by molar-refractivity contribution is 7.13. The third-order valence-corrected chi connectivity index (χ3v) is 6.08. The molecule has 0 aliphatic carbocycles. The van der Waals surface area contributed by atoms with Gasteiger partial charge in [0.15, 0.2) is 5.13 Å². The van der Waals surface area contributed by atoms with Gasteiger partial charge in [-0.15, -0.1) is 11.3 Å². The van der Waals surface area contributed by atoms with Gasteiger partial charge in [-0.3, -0.25) is 9.59 Å². The second-order valence-corrected chi connectivity index (χ2v) is 8.68. The minimum absolute atomic E-state index is 0.0165. The van der Waals surface area contributed by atoms with Gasteiger partial charge in [0.05, 0.1) is 11.8 Å². The van der Waals surface area contributed by atoms with Gasteiger partial charge in [-0.25, -0.2) is 4.98 Å². The molecule has 30 heavy (non-hydrogen) atoms. The molecule has 6 nitrogen and oxygen atoms in total. The van der Waals surface area contributed by atoms with E-state index in [-0.39, 0.29) is 24.5 Å². The summed E-state index contributed by atoms with van der Waals surface area (Å²) in [6.45, 7) is 5.18. The van der Waals surface area contributed by atoms with Gasteiger partial charge in [-0.1, -0.05) is 31.9 Å². The molecular formula is C23H31N3O3S. The molecule has 2 heterocycles. The third kappa shape index (κ3) is 6.64. The number of amides is 2. The van der Waals surface area contributed by atoms with E-state index in [2.05, 4.69) is 17.2 Å². The first kappa shape index (κ1) is 22.4. The molecule has 1 saturated heterocycles. The highest BCUT2D eigenvalue weighted by atomic mass is 32.1. The lowest BCUT2D eigenvalue weighted by Gasteiger charge is -2.25. The Hall–Kier alpha value is -2.25. The molecule has 0 spiro atoms. The van der Waals surface area contributed by atoms with Gasteiger partial charge in [0, 0.05) is 24.1 Å². The average molecular weight is 430 g/mol. The van der Waals surface area contributed by atoms with Gasteiger partial charge in [-0.05, 0) is 50.3 Å². The van der Waals surface area contributed by atoms with Crippen molar-refractivity contribution >= 4 is 28.3 Å². The topological polar surface area (TPSA) is 71.5 Å². The van der Waals surface area contributed by atoms with Crippen LogP contribution >= 0.6 is 11.3 Å². The Kier molecular flexibility index (Phi) is 8.39. The SMILES string of the molecule is CCCCCc1ccc(C(=O)N(CC(=O)Nc2nc(C)cs2)CC2CCCO2)cc1. The van der Waals surface area contributed by atoms with Crippen molar-refractivity contribution in [3.8, 4) is 0 Å². The van der Waals surface area contributed by atoms with E-state index in [1.165, 1.54) is 29.7 Å². The molecule has 0 bridgehead atoms. The molecule has 1 atom stereocenters. The maximum atomic E-state index is 13.2. The van der Waals surface area contributed by atoms with Crippen molar-refractivity contribution in [2.45, 2.75) is 58.5 Å². The number of thiazole rings is 1. The minimum Gasteiger partial charge on any atom is -0.376 e. The van der Waals surface area contributed by atoms with E-state index in [0.29, 0.717) is 23.8 Å². The lowest BCUT2D eigenvalue weighted by molar-refractivity contribution is -0.117. The van der Waals surface area contributed by atoms with Gasteiger partial charge in [0.25, 0.3) is 5.91 Å². The van der Waals surface area contributed by atoms with E-state index in [9.17, 15) is 9.59 Å². The second-order valence-electron chi connectivity index (χ2n) is 7.82. The van der Waals surface area contributed by atoms with E-state index >= 15 is 0 Å². The fourth-order valence-corrected chi connectivity index (χ4v) is 4.28. The lowest BCUT2D eigenvalue weighted by Crippen LogP contribution is -2.42. The summed E-state index contributed by atoms with van der Waals surface area (Å²) in [7, 11) is 0. The van der Waals surface area contributed by atoms with Crippen LogP contribution in [0.5, 0.6) is 0 Å². The number of carbonyl (C=O) groups excluding carboxylic acids is 2. The van der Waals surface area contributed by atoms with Crippen molar-refractivity contribution in [1.82, 2.24) is 9.88 Å². The van der Waals surface area contributed by atoms with Crippen molar-refractivity contribution in [2.75, 3.05) is 25.0 Å². The van der Waals surface area contributed by atoms with E-state index in [1.54, 1.807) is 4.90 Å². The Morgan fingerprint density at radius 3 is 2.70 bits per heavy atom. The number of hydrogen-bond acceptors (Lipinski definition) is 5. The standard InChI is InChI=1S/C23H31N3O3S/c1-3-4-5-7-18-9-11-19(12-10-18)22(28)26(14-20-8-6-13-29-20)15-21(27)25-23-24-17(2)16-30-23/h9-12,16,20H,3-8,13-15H2,1-2H3,(H,24,25,27). The summed E-state index contributed by atoms with van der Waals surface area (Å²) < 4.78 is 5.71. The molecule has 1 aromatic carbocycles. The number of nitrogens with one attached hydrogen (secondary N) is 1. The van der Waals surface area contributed by atoms with Crippen molar-refractivity contribution in [1.29, 1.82) is 0 Å². The van der Waals surface area contributed by atoms with Crippen LogP contribution < -0.4 is 5.32 Å². The van der Waals surface area contributed by atoms with Crippen LogP contribution in [0.3, 0.4) is 0 Å². The third-order valence-electron chi connectivity index (χ3n) is 5.20. The van der Waals surface area contributed by atoms with E-state index in [4.69, 9.17) is 4.74 Å². The average Bonchev–Trinajstić information content (AvgIpc) is 3.39. The quantitative estimate of drug-likeness (QED) is 0.567. The highest BCUT2D eigenvalue weighted by Crippen LogP contribution is 2.18. The summed E-state index contributed by atoms with van der Waals surface area (Å²) in [6.07, 6.45) is 6.47. The number of aromatic nitrogens is 1. The number of anilines is 1. The maximum Gasteiger partial charge on any atom is 0.254 e. The van der Waals surface area contributed by atoms with E-state index < -0.39 is 0 Å². The van der Waals surface area contributed by atoms with Gasteiger partial charge in [0.1, 0.15) is 6.54 Å². The van der Waals surface area contributed by atoms with Crippen LogP contribution in [0.4, 0.5) is 5.13 Å². The number of unbranched alkanes of at least 4 members (excludes halogenated alkanes) is 2. The number of rotatable bonds is 10. The van der Waals surface area contributed by atoms with Crippen molar-refractivity contribution in [2.24, 2.45) is 0 Å². The zero-order chi connectivity index (χ0) is 21.3. The maximum absolute atomic E-state index is 13.2. The molecule has 0 radical (unpaired) electrons. The number of carbonyl (C=O) groups is 2. The van der Waals surface area contributed by atoms with E-state index in [1.807, 2.05) is 36.6 Å². The number of hydrogen-bond donors (Lipinski definition) is 1. The Labute approximate surface area is 182 Å². The Balaban J connectivity index is 1.65. The molecule has 2 aromatic rings. The molecule has 1 aromatic heterocycles. The highest BCUT2D eigenvalue weighted by Gasteiger charge is 2.25. The van der Waals surface area contributed by atoms with Gasteiger partial charge in [0.2, 0.25) is 5.91 Å². The summed E-state index contributed by atoms with van der Waals surface area (Å²) in [5.41, 5.74) is 2.70. The first-order valence-corrected chi connectivity index (χ1v) is 11.6. The zero-order valence-electron chi connectivity index (χ0n) is 17.9. The lowest BCUT2D eigenvalue weighted by atomic mass is 10.0. The van der Waals surface area contributed by atoms with Gasteiger partial charge < -0.3 is 15.0 Å². The molecule has 1 fully saturated rings.